The van der Waals surface area contributed by atoms with Gasteiger partial charge < -0.3 is 0 Å². The van der Waals surface area contributed by atoms with Crippen LogP contribution in [0.1, 0.15) is 0 Å². The third-order valence-electron chi connectivity index (χ3n) is 10.8. The van der Waals surface area contributed by atoms with E-state index in [9.17, 15) is 0 Å². The molecule has 0 fully saturated rings. The zero-order chi connectivity index (χ0) is 37.7. The average Bonchev–Trinajstić information content (AvgIpc) is 3.30. The minimum absolute atomic E-state index is 1.19. The van der Waals surface area contributed by atoms with Crippen molar-refractivity contribution in [1.29, 1.82) is 0 Å². The van der Waals surface area contributed by atoms with Crippen molar-refractivity contribution in [2.45, 2.75) is 0 Å². The Kier molecular flexibility index (Phi) is 9.73. The lowest BCUT2D eigenvalue weighted by atomic mass is 9.99. The maximum Gasteiger partial charge on any atom is -0.0165 e. The van der Waals surface area contributed by atoms with Gasteiger partial charge in [-0.25, -0.2) is 0 Å². The topological polar surface area (TPSA) is 0 Å². The van der Waals surface area contributed by atoms with E-state index in [-0.39, 0.29) is 0 Å². The Morgan fingerprint density at radius 1 is 0.196 bits per heavy atom. The second kappa shape index (κ2) is 15.6. The highest BCUT2D eigenvalue weighted by molar-refractivity contribution is 7.93. The zero-order valence-corrected chi connectivity index (χ0v) is 32.1. The molecule has 266 valence electrons. The number of hydrogen-bond donors (Lipinski definition) is 0. The van der Waals surface area contributed by atoms with Crippen LogP contribution in [0.5, 0.6) is 0 Å². The molecule has 0 radical (unpaired) electrons. The molecule has 0 heterocycles. The van der Waals surface area contributed by atoms with E-state index in [4.69, 9.17) is 6.30 Å². The fourth-order valence-corrected chi connectivity index (χ4v) is 10.6. The average molecular weight is 733 g/mol. The van der Waals surface area contributed by atoms with Gasteiger partial charge in [-0.3, -0.25) is 0 Å². The summed E-state index contributed by atoms with van der Waals surface area (Å²) in [6.45, 7) is -2.28. The van der Waals surface area contributed by atoms with Crippen LogP contribution in [0.2, 0.25) is 0 Å². The minimum atomic E-state index is -2.28. The summed E-state index contributed by atoms with van der Waals surface area (Å²) < 4.78 is 0. The first-order valence-electron chi connectivity index (χ1n) is 19.1. The Bertz CT molecular complexity index is 2460. The van der Waals surface area contributed by atoms with E-state index < -0.39 is 6.89 Å². The van der Waals surface area contributed by atoms with Crippen molar-refractivity contribution in [3.05, 3.63) is 237 Å². The van der Waals surface area contributed by atoms with Crippen molar-refractivity contribution in [2.24, 2.45) is 0 Å². The highest BCUT2D eigenvalue weighted by atomic mass is 31.2. The first kappa shape index (κ1) is 35.0. The normalized spacial score (nSPS) is 11.3. The van der Waals surface area contributed by atoms with Gasteiger partial charge in [0.05, 0.1) is 0 Å². The molecule has 9 aromatic rings. The number of hydrogen-bond acceptors (Lipinski definition) is 0. The van der Waals surface area contributed by atoms with Crippen molar-refractivity contribution < 1.29 is 0 Å². The van der Waals surface area contributed by atoms with Gasteiger partial charge >= 0.3 is 0 Å². The predicted octanol–water partition coefficient (Wildman–Crippen LogP) is 13.4. The van der Waals surface area contributed by atoms with E-state index in [0.29, 0.717) is 0 Å². The molecule has 0 saturated carbocycles. The summed E-state index contributed by atoms with van der Waals surface area (Å²) in [6.07, 6.45) is 5.16. The van der Waals surface area contributed by atoms with Gasteiger partial charge in [-0.1, -0.05) is 225 Å². The predicted molar refractivity (Wildman–Crippen MR) is 245 cm³/mol. The van der Waals surface area contributed by atoms with Crippen LogP contribution in [0.3, 0.4) is 0 Å². The first-order valence-corrected chi connectivity index (χ1v) is 21.1. The van der Waals surface area contributed by atoms with Crippen molar-refractivity contribution in [1.82, 2.24) is 0 Å². The van der Waals surface area contributed by atoms with Crippen LogP contribution >= 0.6 is 6.89 Å². The Morgan fingerprint density at radius 3 is 0.625 bits per heavy atom. The maximum absolute atomic E-state index is 5.16. The van der Waals surface area contributed by atoms with Crippen molar-refractivity contribution in [3.8, 4) is 66.8 Å². The highest BCUT2D eigenvalue weighted by Gasteiger charge is 2.23. The van der Waals surface area contributed by atoms with E-state index in [2.05, 4.69) is 237 Å². The summed E-state index contributed by atoms with van der Waals surface area (Å²) in [5.74, 6) is 0. The lowest BCUT2D eigenvalue weighted by molar-refractivity contribution is 1.59. The second-order valence-electron chi connectivity index (χ2n) is 14.3. The summed E-state index contributed by atoms with van der Waals surface area (Å²) in [6, 6.07) is 85.7. The van der Waals surface area contributed by atoms with Crippen LogP contribution in [-0.4, -0.2) is 6.30 Å². The second-order valence-corrected chi connectivity index (χ2v) is 17.5. The fourth-order valence-electron chi connectivity index (χ4n) is 7.70. The Hall–Kier alpha value is -6.72. The van der Waals surface area contributed by atoms with Crippen LogP contribution in [0.25, 0.3) is 66.8 Å². The molecule has 9 aromatic carbocycles. The molecule has 0 aliphatic heterocycles. The van der Waals surface area contributed by atoms with Gasteiger partial charge in [0.25, 0.3) is 0 Å². The molecule has 56 heavy (non-hydrogen) atoms. The smallest absolute Gasteiger partial charge is 0.0165 e. The van der Waals surface area contributed by atoms with Gasteiger partial charge in [0.15, 0.2) is 0 Å². The Morgan fingerprint density at radius 2 is 0.393 bits per heavy atom. The summed E-state index contributed by atoms with van der Waals surface area (Å²) in [4.78, 5) is 0. The van der Waals surface area contributed by atoms with Crippen LogP contribution in [0, 0.1) is 0 Å². The molecular weight excluding hydrogens is 692 g/mol. The van der Waals surface area contributed by atoms with E-state index in [1.54, 1.807) is 0 Å². The molecule has 1 heteroatoms. The van der Waals surface area contributed by atoms with Gasteiger partial charge in [0.2, 0.25) is 0 Å². The zero-order valence-electron chi connectivity index (χ0n) is 31.2. The highest BCUT2D eigenvalue weighted by Crippen LogP contribution is 2.43. The van der Waals surface area contributed by atoms with E-state index in [0.717, 1.165) is 0 Å². The molecule has 0 saturated heterocycles. The first-order chi connectivity index (χ1) is 27.6. The van der Waals surface area contributed by atoms with Gasteiger partial charge in [0, 0.05) is 0 Å². The van der Waals surface area contributed by atoms with Crippen molar-refractivity contribution in [3.63, 3.8) is 0 Å². The SMILES string of the molecule is C=P(c1ccc(-c2cccc(-c3ccccc3)c2)cc1)(c1ccc(-c2cccc(-c3ccccc3)c2)cc1)c1ccc(-c2cccc(-c3ccccc3)c2)cc1. The fraction of sp³-hybridized carbons (Fsp3) is 0. The minimum Gasteiger partial charge on any atom is -0.0887 e. The molecule has 0 nitrogen and oxygen atoms in total. The maximum atomic E-state index is 5.16. The Labute approximate surface area is 331 Å². The monoisotopic (exact) mass is 732 g/mol. The molecule has 0 aliphatic carbocycles. The Balaban J connectivity index is 1.09. The molecule has 0 aliphatic rings. The van der Waals surface area contributed by atoms with E-state index >= 15 is 0 Å². The molecule has 0 amide bonds. The lowest BCUT2D eigenvalue weighted by Gasteiger charge is -2.27. The molecule has 0 unspecified atom stereocenters. The molecular formula is C55H41P. The summed E-state index contributed by atoms with van der Waals surface area (Å²) in [5.41, 5.74) is 14.5. The van der Waals surface area contributed by atoms with Gasteiger partial charge in [-0.2, -0.15) is 0 Å². The summed E-state index contributed by atoms with van der Waals surface area (Å²) in [7, 11) is 0. The molecule has 0 bridgehead atoms. The lowest BCUT2D eigenvalue weighted by Crippen LogP contribution is -2.25. The van der Waals surface area contributed by atoms with E-state index in [1.165, 1.54) is 82.7 Å². The van der Waals surface area contributed by atoms with Crippen molar-refractivity contribution in [2.75, 3.05) is 0 Å². The standard InChI is InChI=1S/C55H41P/c1-56(53-32-26-44(27-33-53)50-23-11-20-47(38-50)41-14-5-2-6-15-41,54-34-28-45(29-35-54)51-24-12-21-48(39-51)42-16-7-3-8-17-42)55-36-30-46(31-37-55)52-25-13-22-49(40-52)43-18-9-4-10-19-43/h2-40H,1H2. The molecule has 0 aromatic heterocycles. The van der Waals surface area contributed by atoms with Crippen molar-refractivity contribution >= 4 is 29.1 Å². The molecule has 0 N–H and O–H groups in total. The summed E-state index contributed by atoms with van der Waals surface area (Å²) in [5, 5.41) is 3.74. The van der Waals surface area contributed by atoms with Gasteiger partial charge in [-0.05, 0) is 108 Å². The number of benzene rings is 9. The summed E-state index contributed by atoms with van der Waals surface area (Å²) >= 11 is 0. The molecule has 0 spiro atoms. The van der Waals surface area contributed by atoms with Gasteiger partial charge in [0.1, 0.15) is 0 Å². The largest absolute Gasteiger partial charge is 0.0887 e. The van der Waals surface area contributed by atoms with Gasteiger partial charge in [-0.15, -0.1) is 0 Å². The quantitative estimate of drug-likeness (QED) is 0.130. The van der Waals surface area contributed by atoms with E-state index in [1.807, 2.05) is 0 Å². The van der Waals surface area contributed by atoms with Crippen LogP contribution in [0.15, 0.2) is 237 Å². The molecule has 0 atom stereocenters. The third-order valence-corrected chi connectivity index (χ3v) is 14.4. The van der Waals surface area contributed by atoms with Crippen LogP contribution in [-0.2, 0) is 0 Å². The van der Waals surface area contributed by atoms with Crippen LogP contribution in [0.4, 0.5) is 0 Å². The number of rotatable bonds is 9. The third kappa shape index (κ3) is 7.12. The van der Waals surface area contributed by atoms with Crippen LogP contribution < -0.4 is 15.9 Å². The molecule has 9 rings (SSSR count).